The van der Waals surface area contributed by atoms with Crippen LogP contribution in [0.15, 0.2) is 141 Å². The predicted octanol–water partition coefficient (Wildman–Crippen LogP) is 6.80. The first-order valence-electron chi connectivity index (χ1n) is 16.9. The molecule has 3 aromatic carbocycles. The quantitative estimate of drug-likeness (QED) is 0.0871. The Morgan fingerprint density at radius 3 is 1.06 bits per heavy atom. The fourth-order valence-corrected chi connectivity index (χ4v) is 5.25. The average molecular weight is 718 g/mol. The molecule has 0 saturated heterocycles. The third-order valence-electron chi connectivity index (χ3n) is 8.13. The molecule has 3 heterocycles. The molecule has 0 unspecified atom stereocenters. The molecule has 0 fully saturated rings. The van der Waals surface area contributed by atoms with E-state index in [1.807, 2.05) is 6.92 Å². The summed E-state index contributed by atoms with van der Waals surface area (Å²) in [5, 5.41) is 8.56. The molecule has 0 aliphatic heterocycles. The third-order valence-corrected chi connectivity index (χ3v) is 8.13. The number of para-hydroxylation sites is 3. The molecule has 3 aromatic heterocycles. The monoisotopic (exact) mass is 717 g/mol. The number of furan rings is 3. The van der Waals surface area contributed by atoms with Crippen LogP contribution in [0.2, 0.25) is 0 Å². The Labute approximate surface area is 306 Å². The minimum absolute atomic E-state index is 0.0369. The molecule has 6 aromatic rings. The van der Waals surface area contributed by atoms with Gasteiger partial charge in [0, 0.05) is 0 Å². The molecule has 272 valence electrons. The second-order valence-electron chi connectivity index (χ2n) is 12.5. The summed E-state index contributed by atoms with van der Waals surface area (Å²) < 4.78 is 35.0. The van der Waals surface area contributed by atoms with Crippen molar-refractivity contribution in [1.82, 2.24) is 16.0 Å². The highest BCUT2D eigenvalue weighted by atomic mass is 16.5. The lowest BCUT2D eigenvalue weighted by molar-refractivity contribution is 0.0459. The zero-order valence-electron chi connectivity index (χ0n) is 29.0. The summed E-state index contributed by atoms with van der Waals surface area (Å²) in [6.07, 6.45) is 4.63. The summed E-state index contributed by atoms with van der Waals surface area (Å²) >= 11 is 0. The molecule has 0 aliphatic rings. The summed E-state index contributed by atoms with van der Waals surface area (Å²) in [5.74, 6) is 1.89. The zero-order valence-corrected chi connectivity index (χ0v) is 29.0. The van der Waals surface area contributed by atoms with Crippen molar-refractivity contribution in [3.63, 3.8) is 0 Å². The van der Waals surface area contributed by atoms with Crippen molar-refractivity contribution in [2.75, 3.05) is 19.8 Å². The van der Waals surface area contributed by atoms with Gasteiger partial charge in [-0.15, -0.1) is 0 Å². The molecule has 53 heavy (non-hydrogen) atoms. The normalized spacial score (nSPS) is 11.0. The van der Waals surface area contributed by atoms with E-state index in [4.69, 9.17) is 27.5 Å². The first-order chi connectivity index (χ1) is 25.9. The van der Waals surface area contributed by atoms with Crippen molar-refractivity contribution < 1.29 is 41.8 Å². The Balaban J connectivity index is 1.19. The van der Waals surface area contributed by atoms with E-state index in [2.05, 4.69) is 16.0 Å². The van der Waals surface area contributed by atoms with Crippen molar-refractivity contribution >= 4 is 17.7 Å². The number of carbonyl (C=O) groups is 3. The molecule has 0 saturated carbocycles. The summed E-state index contributed by atoms with van der Waals surface area (Å²) in [6, 6.07) is 31.3. The Morgan fingerprint density at radius 1 is 0.472 bits per heavy atom. The van der Waals surface area contributed by atoms with Gasteiger partial charge in [-0.05, 0) is 79.7 Å². The molecule has 12 nitrogen and oxygen atoms in total. The van der Waals surface area contributed by atoms with Crippen molar-refractivity contribution in [2.45, 2.75) is 26.6 Å². The van der Waals surface area contributed by atoms with Gasteiger partial charge in [0.1, 0.15) is 54.3 Å². The third kappa shape index (κ3) is 9.97. The first-order valence-corrected chi connectivity index (χ1v) is 16.9. The Hall–Kier alpha value is -6.69. The fourth-order valence-electron chi connectivity index (χ4n) is 5.25. The standard InChI is InChI=1S/C41H39N3O9/c1-41(26-51-35-17-5-2-14-32(35)38(45)42-23-29-11-8-20-48-29,27-52-36-18-6-3-15-33(36)39(46)43-24-30-12-9-21-49-30)28-53-37-19-7-4-16-34(37)40(47)44-25-31-13-10-22-50-31/h2-22H,23-28H2,1H3,(H,42,45)(H,43,46)(H,44,47). The SMILES string of the molecule is CC(COc1ccccc1C(=O)NCc1ccco1)(COc1ccccc1C(=O)NCc1ccco1)COc1ccccc1C(=O)NCc1ccco1. The van der Waals surface area contributed by atoms with Crippen LogP contribution in [0, 0.1) is 5.41 Å². The molecule has 3 N–H and O–H groups in total. The number of hydrogen-bond acceptors (Lipinski definition) is 9. The van der Waals surface area contributed by atoms with E-state index in [1.165, 1.54) is 0 Å². The molecule has 0 aliphatic carbocycles. The molecule has 12 heteroatoms. The van der Waals surface area contributed by atoms with Crippen molar-refractivity contribution in [3.8, 4) is 17.2 Å². The van der Waals surface area contributed by atoms with Gasteiger partial charge < -0.3 is 43.4 Å². The summed E-state index contributed by atoms with van der Waals surface area (Å²) in [7, 11) is 0. The number of benzene rings is 3. The van der Waals surface area contributed by atoms with E-state index < -0.39 is 5.41 Å². The molecule has 0 bridgehead atoms. The van der Waals surface area contributed by atoms with Crippen LogP contribution >= 0.6 is 0 Å². The molecular weight excluding hydrogens is 678 g/mol. The highest BCUT2D eigenvalue weighted by molar-refractivity contribution is 5.98. The average Bonchev–Trinajstić information content (AvgIpc) is 4.02. The lowest BCUT2D eigenvalue weighted by atomic mass is 9.94. The molecule has 6 rings (SSSR count). The van der Waals surface area contributed by atoms with Gasteiger partial charge in [0.2, 0.25) is 0 Å². The van der Waals surface area contributed by atoms with Gasteiger partial charge in [0.15, 0.2) is 0 Å². The maximum atomic E-state index is 13.2. The molecule has 3 amide bonds. The van der Waals surface area contributed by atoms with Crippen LogP contribution in [-0.4, -0.2) is 37.5 Å². The minimum Gasteiger partial charge on any atom is -0.492 e. The van der Waals surface area contributed by atoms with E-state index in [0.29, 0.717) is 51.2 Å². The Kier molecular flexibility index (Phi) is 11.9. The fraction of sp³-hybridized carbons (Fsp3) is 0.195. The minimum atomic E-state index is -0.882. The predicted molar refractivity (Wildman–Crippen MR) is 194 cm³/mol. The van der Waals surface area contributed by atoms with E-state index in [1.54, 1.807) is 128 Å². The number of rotatable bonds is 18. The van der Waals surface area contributed by atoms with Crippen molar-refractivity contribution in [1.29, 1.82) is 0 Å². The van der Waals surface area contributed by atoms with E-state index in [0.717, 1.165) is 0 Å². The summed E-state index contributed by atoms with van der Waals surface area (Å²) in [6.45, 7) is 2.64. The van der Waals surface area contributed by atoms with E-state index in [9.17, 15) is 14.4 Å². The van der Waals surface area contributed by atoms with Crippen molar-refractivity contribution in [3.05, 3.63) is 162 Å². The molecule has 0 spiro atoms. The van der Waals surface area contributed by atoms with Crippen LogP contribution in [0.1, 0.15) is 55.3 Å². The van der Waals surface area contributed by atoms with Gasteiger partial charge in [-0.2, -0.15) is 0 Å². The first kappa shape index (κ1) is 36.1. The number of nitrogens with one attached hydrogen (secondary N) is 3. The van der Waals surface area contributed by atoms with Crippen LogP contribution in [0.4, 0.5) is 0 Å². The Bertz CT molecular complexity index is 1840. The van der Waals surface area contributed by atoms with Gasteiger partial charge in [-0.25, -0.2) is 0 Å². The van der Waals surface area contributed by atoms with Gasteiger partial charge >= 0.3 is 0 Å². The van der Waals surface area contributed by atoms with Crippen LogP contribution < -0.4 is 30.2 Å². The number of hydrogen-bond donors (Lipinski definition) is 3. The van der Waals surface area contributed by atoms with Crippen LogP contribution in [-0.2, 0) is 19.6 Å². The molecule has 0 radical (unpaired) electrons. The van der Waals surface area contributed by atoms with E-state index in [-0.39, 0.29) is 57.2 Å². The lowest BCUT2D eigenvalue weighted by Gasteiger charge is -2.30. The maximum Gasteiger partial charge on any atom is 0.255 e. The van der Waals surface area contributed by atoms with Crippen LogP contribution in [0.25, 0.3) is 0 Å². The topological polar surface area (TPSA) is 154 Å². The molecule has 0 atom stereocenters. The molecular formula is C41H39N3O9. The number of carbonyl (C=O) groups excluding carboxylic acids is 3. The second kappa shape index (κ2) is 17.5. The lowest BCUT2D eigenvalue weighted by Crippen LogP contribution is -2.38. The second-order valence-corrected chi connectivity index (χ2v) is 12.5. The smallest absolute Gasteiger partial charge is 0.255 e. The van der Waals surface area contributed by atoms with Crippen LogP contribution in [0.5, 0.6) is 17.2 Å². The Morgan fingerprint density at radius 2 is 0.774 bits per heavy atom. The van der Waals surface area contributed by atoms with Gasteiger partial charge in [-0.1, -0.05) is 36.4 Å². The van der Waals surface area contributed by atoms with E-state index >= 15 is 0 Å². The van der Waals surface area contributed by atoms with Gasteiger partial charge in [-0.3, -0.25) is 14.4 Å². The van der Waals surface area contributed by atoms with Crippen molar-refractivity contribution in [2.24, 2.45) is 5.41 Å². The van der Waals surface area contributed by atoms with Gasteiger partial charge in [0.05, 0.1) is 60.5 Å². The highest BCUT2D eigenvalue weighted by Crippen LogP contribution is 2.28. The maximum absolute atomic E-state index is 13.2. The number of ether oxygens (including phenoxy) is 3. The summed E-state index contributed by atoms with van der Waals surface area (Å²) in [4.78, 5) is 39.6. The van der Waals surface area contributed by atoms with Gasteiger partial charge in [0.25, 0.3) is 17.7 Å². The zero-order chi connectivity index (χ0) is 36.9. The number of amides is 3. The summed E-state index contributed by atoms with van der Waals surface area (Å²) in [5.41, 5.74) is 0.119. The van der Waals surface area contributed by atoms with Crippen LogP contribution in [0.3, 0.4) is 0 Å². The largest absolute Gasteiger partial charge is 0.492 e. The highest BCUT2D eigenvalue weighted by Gasteiger charge is 2.31.